The normalized spacial score (nSPS) is 11.1. The third-order valence-electron chi connectivity index (χ3n) is 6.54. The van der Waals surface area contributed by atoms with Gasteiger partial charge in [0.05, 0.1) is 17.6 Å². The van der Waals surface area contributed by atoms with E-state index in [0.29, 0.717) is 13.2 Å². The number of hydrogen-bond donors (Lipinski definition) is 1. The van der Waals surface area contributed by atoms with Crippen molar-refractivity contribution in [1.82, 2.24) is 14.9 Å². The second-order valence-corrected chi connectivity index (χ2v) is 9.57. The molecular formula is C31H37N3O2. The fraction of sp³-hybridized carbons (Fsp3) is 0.355. The first-order valence-corrected chi connectivity index (χ1v) is 13.0. The summed E-state index contributed by atoms with van der Waals surface area (Å²) in [4.78, 5) is 17.4. The molecule has 188 valence electrons. The zero-order valence-corrected chi connectivity index (χ0v) is 21.7. The molecule has 0 radical (unpaired) electrons. The van der Waals surface area contributed by atoms with Gasteiger partial charge in [0.2, 0.25) is 0 Å². The van der Waals surface area contributed by atoms with E-state index >= 15 is 0 Å². The second-order valence-electron chi connectivity index (χ2n) is 9.57. The first-order chi connectivity index (χ1) is 17.5. The van der Waals surface area contributed by atoms with Gasteiger partial charge in [-0.05, 0) is 75.9 Å². The number of unbranched alkanes of at least 4 members (excludes halogenated alkanes) is 2. The van der Waals surface area contributed by atoms with E-state index in [0.717, 1.165) is 66.9 Å². The van der Waals surface area contributed by atoms with Crippen LogP contribution in [-0.4, -0.2) is 28.6 Å². The van der Waals surface area contributed by atoms with Crippen LogP contribution in [-0.2, 0) is 13.0 Å². The molecule has 0 unspecified atom stereocenters. The van der Waals surface area contributed by atoms with Gasteiger partial charge in [-0.3, -0.25) is 4.79 Å². The third kappa shape index (κ3) is 6.75. The van der Waals surface area contributed by atoms with Crippen LogP contribution in [0.5, 0.6) is 5.75 Å². The number of nitrogens with one attached hydrogen (secondary N) is 1. The SMILES string of the molecule is Cc1ccc(OCCCn2c(CCCCCNC(=O)c3ccc(C)cc3C)nc3ccccc32)cc1. The number of amides is 1. The summed E-state index contributed by atoms with van der Waals surface area (Å²) in [6, 6.07) is 22.5. The Morgan fingerprint density at radius 1 is 0.889 bits per heavy atom. The molecule has 0 saturated carbocycles. The predicted molar refractivity (Wildman–Crippen MR) is 147 cm³/mol. The van der Waals surface area contributed by atoms with Crippen LogP contribution in [0.25, 0.3) is 11.0 Å². The fourth-order valence-corrected chi connectivity index (χ4v) is 4.56. The number of benzene rings is 3. The molecule has 1 heterocycles. The lowest BCUT2D eigenvalue weighted by Gasteiger charge is -2.11. The Balaban J connectivity index is 1.24. The van der Waals surface area contributed by atoms with Crippen LogP contribution in [0.3, 0.4) is 0 Å². The van der Waals surface area contributed by atoms with Gasteiger partial charge in [0.15, 0.2) is 0 Å². The Morgan fingerprint density at radius 2 is 1.67 bits per heavy atom. The summed E-state index contributed by atoms with van der Waals surface area (Å²) in [5.41, 5.74) is 6.43. The van der Waals surface area contributed by atoms with E-state index in [1.807, 2.05) is 44.2 Å². The first-order valence-electron chi connectivity index (χ1n) is 13.0. The van der Waals surface area contributed by atoms with Crippen molar-refractivity contribution in [2.45, 2.75) is 59.4 Å². The van der Waals surface area contributed by atoms with Crippen LogP contribution in [0.1, 0.15) is 58.6 Å². The van der Waals surface area contributed by atoms with E-state index in [-0.39, 0.29) is 5.91 Å². The van der Waals surface area contributed by atoms with Gasteiger partial charge < -0.3 is 14.6 Å². The Morgan fingerprint density at radius 3 is 2.47 bits per heavy atom. The van der Waals surface area contributed by atoms with Crippen LogP contribution in [0.15, 0.2) is 66.7 Å². The molecule has 1 N–H and O–H groups in total. The van der Waals surface area contributed by atoms with Crippen molar-refractivity contribution in [3.8, 4) is 5.75 Å². The minimum atomic E-state index is 0.0159. The van der Waals surface area contributed by atoms with Gasteiger partial charge in [0.25, 0.3) is 5.91 Å². The monoisotopic (exact) mass is 483 g/mol. The number of fused-ring (bicyclic) bond motifs is 1. The zero-order valence-electron chi connectivity index (χ0n) is 21.7. The number of carbonyl (C=O) groups is 1. The zero-order chi connectivity index (χ0) is 25.3. The Hall–Kier alpha value is -3.60. The highest BCUT2D eigenvalue weighted by atomic mass is 16.5. The summed E-state index contributed by atoms with van der Waals surface area (Å²) in [6.45, 7) is 8.37. The quantitative estimate of drug-likeness (QED) is 0.232. The Kier molecular flexibility index (Phi) is 8.77. The molecule has 0 atom stereocenters. The molecule has 5 heteroatoms. The number of aromatic nitrogens is 2. The molecule has 5 nitrogen and oxygen atoms in total. The fourth-order valence-electron chi connectivity index (χ4n) is 4.56. The average Bonchev–Trinajstić information content (AvgIpc) is 3.22. The molecular weight excluding hydrogens is 446 g/mol. The summed E-state index contributed by atoms with van der Waals surface area (Å²) in [6.07, 6.45) is 4.90. The summed E-state index contributed by atoms with van der Waals surface area (Å²) in [5, 5.41) is 3.07. The van der Waals surface area contributed by atoms with Crippen molar-refractivity contribution in [2.75, 3.05) is 13.2 Å². The number of ether oxygens (including phenoxy) is 1. The highest BCUT2D eigenvalue weighted by Crippen LogP contribution is 2.19. The van der Waals surface area contributed by atoms with Gasteiger partial charge in [-0.25, -0.2) is 4.98 Å². The van der Waals surface area contributed by atoms with Gasteiger partial charge in [-0.2, -0.15) is 0 Å². The molecule has 0 aliphatic rings. The van der Waals surface area contributed by atoms with Crippen LogP contribution in [0.4, 0.5) is 0 Å². The molecule has 0 fully saturated rings. The van der Waals surface area contributed by atoms with E-state index in [2.05, 4.69) is 53.2 Å². The lowest BCUT2D eigenvalue weighted by Crippen LogP contribution is -2.25. The number of hydrogen-bond acceptors (Lipinski definition) is 3. The van der Waals surface area contributed by atoms with Gasteiger partial charge in [-0.1, -0.05) is 53.9 Å². The summed E-state index contributed by atoms with van der Waals surface area (Å²) in [5.74, 6) is 2.06. The largest absolute Gasteiger partial charge is 0.494 e. The van der Waals surface area contributed by atoms with Gasteiger partial charge in [0.1, 0.15) is 11.6 Å². The number of rotatable bonds is 12. The highest BCUT2D eigenvalue weighted by molar-refractivity contribution is 5.95. The summed E-state index contributed by atoms with van der Waals surface area (Å²) >= 11 is 0. The maximum atomic E-state index is 12.5. The second kappa shape index (κ2) is 12.4. The lowest BCUT2D eigenvalue weighted by atomic mass is 10.1. The third-order valence-corrected chi connectivity index (χ3v) is 6.54. The molecule has 0 spiro atoms. The molecule has 1 aromatic heterocycles. The van der Waals surface area contributed by atoms with Crippen molar-refractivity contribution in [3.05, 3.63) is 94.8 Å². The lowest BCUT2D eigenvalue weighted by molar-refractivity contribution is 0.0952. The summed E-state index contributed by atoms with van der Waals surface area (Å²) in [7, 11) is 0. The van der Waals surface area contributed by atoms with Gasteiger partial charge in [-0.15, -0.1) is 0 Å². The predicted octanol–water partition coefficient (Wildman–Crippen LogP) is 6.57. The standard InChI is InChI=1S/C31H37N3O2/c1-23-13-16-26(17-14-23)36-21-9-20-34-29-11-7-6-10-28(29)33-30(34)12-5-4-8-19-32-31(35)27-18-15-24(2)22-25(27)3/h6-7,10-11,13-18,22H,4-5,8-9,12,19-21H2,1-3H3,(H,32,35). The molecule has 1 amide bonds. The molecule has 0 saturated heterocycles. The van der Waals surface area contributed by atoms with Crippen molar-refractivity contribution < 1.29 is 9.53 Å². The number of imidazole rings is 1. The maximum absolute atomic E-state index is 12.5. The van der Waals surface area contributed by atoms with E-state index in [1.165, 1.54) is 16.6 Å². The van der Waals surface area contributed by atoms with Crippen molar-refractivity contribution in [1.29, 1.82) is 0 Å². The number of carbonyl (C=O) groups excluding carboxylic acids is 1. The van der Waals surface area contributed by atoms with Crippen LogP contribution < -0.4 is 10.1 Å². The molecule has 3 aromatic carbocycles. The van der Waals surface area contributed by atoms with Crippen LogP contribution in [0.2, 0.25) is 0 Å². The smallest absolute Gasteiger partial charge is 0.251 e. The minimum Gasteiger partial charge on any atom is -0.494 e. The van der Waals surface area contributed by atoms with Gasteiger partial charge in [0, 0.05) is 25.1 Å². The molecule has 0 bridgehead atoms. The molecule has 36 heavy (non-hydrogen) atoms. The number of nitrogens with zero attached hydrogens (tertiary/aromatic N) is 2. The van der Waals surface area contributed by atoms with Crippen molar-refractivity contribution in [2.24, 2.45) is 0 Å². The first kappa shape index (κ1) is 25.5. The molecule has 4 rings (SSSR count). The average molecular weight is 484 g/mol. The summed E-state index contributed by atoms with van der Waals surface area (Å²) < 4.78 is 8.28. The molecule has 4 aromatic rings. The molecule has 0 aliphatic heterocycles. The molecule has 0 aliphatic carbocycles. The van der Waals surface area contributed by atoms with Crippen molar-refractivity contribution in [3.63, 3.8) is 0 Å². The highest BCUT2D eigenvalue weighted by Gasteiger charge is 2.11. The van der Waals surface area contributed by atoms with Crippen LogP contribution >= 0.6 is 0 Å². The maximum Gasteiger partial charge on any atom is 0.251 e. The van der Waals surface area contributed by atoms with E-state index in [1.54, 1.807) is 0 Å². The number of aryl methyl sites for hydroxylation is 5. The Bertz CT molecular complexity index is 1290. The topological polar surface area (TPSA) is 56.1 Å². The van der Waals surface area contributed by atoms with Crippen molar-refractivity contribution >= 4 is 16.9 Å². The van der Waals surface area contributed by atoms with Gasteiger partial charge >= 0.3 is 0 Å². The Labute approximate surface area is 214 Å². The van der Waals surface area contributed by atoms with E-state index in [9.17, 15) is 4.79 Å². The van der Waals surface area contributed by atoms with E-state index < -0.39 is 0 Å². The minimum absolute atomic E-state index is 0.0159. The number of para-hydroxylation sites is 2. The van der Waals surface area contributed by atoms with E-state index in [4.69, 9.17) is 9.72 Å². The van der Waals surface area contributed by atoms with Crippen LogP contribution in [0, 0.1) is 20.8 Å².